The molecule has 3 heteroatoms. The van der Waals surface area contributed by atoms with Crippen LogP contribution in [0.1, 0.15) is 60.5 Å². The Kier molecular flexibility index (Phi) is 6.38. The number of amides is 1. The van der Waals surface area contributed by atoms with Gasteiger partial charge in [0.25, 0.3) is 5.91 Å². The van der Waals surface area contributed by atoms with E-state index in [2.05, 4.69) is 75.6 Å². The van der Waals surface area contributed by atoms with E-state index in [9.17, 15) is 4.79 Å². The number of carbonyl (C=O) groups excluding carboxylic acids is 1. The first-order valence-corrected chi connectivity index (χ1v) is 9.09. The lowest BCUT2D eigenvalue weighted by molar-refractivity contribution is -0.682. The largest absolute Gasteiger partial charge is 0.332 e. The molecule has 3 nitrogen and oxygen atoms in total. The molecule has 2 aromatic rings. The highest BCUT2D eigenvalue weighted by atomic mass is 16.1. The van der Waals surface area contributed by atoms with Crippen molar-refractivity contribution in [3.05, 3.63) is 64.2 Å². The molecule has 25 heavy (non-hydrogen) atoms. The Morgan fingerprint density at radius 3 is 2.40 bits per heavy atom. The van der Waals surface area contributed by atoms with E-state index in [1.807, 2.05) is 13.0 Å². The molecular weight excluding hydrogens is 308 g/mol. The Bertz CT molecular complexity index is 750. The standard InChI is InChI=1S/C22H30N2O/c1-14(2)19-9-7-8-17(5)22(19)24-21(25)13-23-18(6)20-12-15(3)10-11-16(20)4/h7-12,14,18,23H,13H2,1-6H3,(H,24,25)/p+1/t18-/m1/s1. The number of nitrogens with two attached hydrogens (primary N) is 1. The van der Waals surface area contributed by atoms with Crippen LogP contribution < -0.4 is 10.6 Å². The molecule has 0 bridgehead atoms. The Labute approximate surface area is 151 Å². The van der Waals surface area contributed by atoms with Crippen molar-refractivity contribution < 1.29 is 10.1 Å². The fourth-order valence-corrected chi connectivity index (χ4v) is 3.19. The van der Waals surface area contributed by atoms with Crippen LogP contribution in [0, 0.1) is 20.8 Å². The lowest BCUT2D eigenvalue weighted by Crippen LogP contribution is -2.86. The molecule has 0 unspecified atom stereocenters. The number of aryl methyl sites for hydroxylation is 3. The number of quaternary nitrogens is 1. The molecule has 0 spiro atoms. The fourth-order valence-electron chi connectivity index (χ4n) is 3.19. The van der Waals surface area contributed by atoms with Crippen molar-refractivity contribution in [2.75, 3.05) is 11.9 Å². The summed E-state index contributed by atoms with van der Waals surface area (Å²) >= 11 is 0. The van der Waals surface area contributed by atoms with E-state index in [1.165, 1.54) is 22.3 Å². The average molecular weight is 340 g/mol. The molecule has 2 rings (SSSR count). The monoisotopic (exact) mass is 339 g/mol. The van der Waals surface area contributed by atoms with E-state index in [4.69, 9.17) is 0 Å². The van der Waals surface area contributed by atoms with Gasteiger partial charge < -0.3 is 10.6 Å². The molecule has 0 radical (unpaired) electrons. The molecule has 0 saturated carbocycles. The van der Waals surface area contributed by atoms with E-state index in [0.717, 1.165) is 11.3 Å². The lowest BCUT2D eigenvalue weighted by Gasteiger charge is -2.17. The SMILES string of the molecule is Cc1ccc(C)c([C@@H](C)[NH2+]CC(=O)Nc2c(C)cccc2C(C)C)c1. The normalized spacial score (nSPS) is 12.3. The minimum atomic E-state index is 0.0494. The van der Waals surface area contributed by atoms with Gasteiger partial charge >= 0.3 is 0 Å². The molecule has 0 aromatic heterocycles. The Morgan fingerprint density at radius 1 is 1.00 bits per heavy atom. The molecule has 1 amide bonds. The first-order chi connectivity index (χ1) is 11.8. The molecule has 0 aliphatic rings. The quantitative estimate of drug-likeness (QED) is 0.821. The molecule has 0 saturated heterocycles. The van der Waals surface area contributed by atoms with Crippen LogP contribution in [0.3, 0.4) is 0 Å². The van der Waals surface area contributed by atoms with Crippen LogP contribution in [0.4, 0.5) is 5.69 Å². The second-order valence-electron chi connectivity index (χ2n) is 7.33. The van der Waals surface area contributed by atoms with Crippen molar-refractivity contribution >= 4 is 11.6 Å². The molecule has 3 N–H and O–H groups in total. The Balaban J connectivity index is 2.03. The van der Waals surface area contributed by atoms with Crippen molar-refractivity contribution in [2.45, 2.75) is 53.5 Å². The molecule has 0 aliphatic heterocycles. The van der Waals surface area contributed by atoms with Crippen LogP contribution in [0.15, 0.2) is 36.4 Å². The number of hydrogen-bond donors (Lipinski definition) is 2. The van der Waals surface area contributed by atoms with E-state index >= 15 is 0 Å². The summed E-state index contributed by atoms with van der Waals surface area (Å²) in [4.78, 5) is 12.5. The fraction of sp³-hybridized carbons (Fsp3) is 0.409. The van der Waals surface area contributed by atoms with Gasteiger partial charge in [-0.2, -0.15) is 0 Å². The first kappa shape index (κ1) is 19.2. The maximum Gasteiger partial charge on any atom is 0.279 e. The summed E-state index contributed by atoms with van der Waals surface area (Å²) in [5.41, 5.74) is 7.10. The van der Waals surface area contributed by atoms with Gasteiger partial charge in [-0.3, -0.25) is 4.79 Å². The van der Waals surface area contributed by atoms with Crippen molar-refractivity contribution in [2.24, 2.45) is 0 Å². The molecule has 0 heterocycles. The second-order valence-corrected chi connectivity index (χ2v) is 7.33. The number of benzene rings is 2. The topological polar surface area (TPSA) is 45.7 Å². The molecule has 1 atom stereocenters. The summed E-state index contributed by atoms with van der Waals surface area (Å²) in [5.74, 6) is 0.432. The van der Waals surface area contributed by atoms with Gasteiger partial charge in [0.2, 0.25) is 0 Å². The highest BCUT2D eigenvalue weighted by Crippen LogP contribution is 2.27. The van der Waals surface area contributed by atoms with Crippen molar-refractivity contribution in [3.8, 4) is 0 Å². The first-order valence-electron chi connectivity index (χ1n) is 9.09. The van der Waals surface area contributed by atoms with E-state index in [-0.39, 0.29) is 11.9 Å². The van der Waals surface area contributed by atoms with Gasteiger partial charge in [-0.1, -0.05) is 49.7 Å². The number of hydrogen-bond acceptors (Lipinski definition) is 1. The van der Waals surface area contributed by atoms with Crippen LogP contribution in [0.2, 0.25) is 0 Å². The predicted octanol–water partition coefficient (Wildman–Crippen LogP) is 4.00. The molecule has 0 aliphatic carbocycles. The van der Waals surface area contributed by atoms with Crippen LogP contribution in [-0.2, 0) is 4.79 Å². The van der Waals surface area contributed by atoms with E-state index in [0.29, 0.717) is 12.5 Å². The summed E-state index contributed by atoms with van der Waals surface area (Å²) in [7, 11) is 0. The van der Waals surface area contributed by atoms with Crippen molar-refractivity contribution in [3.63, 3.8) is 0 Å². The Morgan fingerprint density at radius 2 is 1.72 bits per heavy atom. The average Bonchev–Trinajstić information content (AvgIpc) is 2.56. The molecule has 2 aromatic carbocycles. The summed E-state index contributed by atoms with van der Waals surface area (Å²) in [5, 5.41) is 5.22. The van der Waals surface area contributed by atoms with Gasteiger partial charge in [-0.05, 0) is 56.4 Å². The highest BCUT2D eigenvalue weighted by molar-refractivity contribution is 5.93. The number of para-hydroxylation sites is 1. The summed E-state index contributed by atoms with van der Waals surface area (Å²) in [6, 6.07) is 12.9. The maximum absolute atomic E-state index is 12.5. The van der Waals surface area contributed by atoms with Crippen LogP contribution in [0.5, 0.6) is 0 Å². The molecule has 134 valence electrons. The van der Waals surface area contributed by atoms with Gasteiger partial charge in [0, 0.05) is 11.3 Å². The summed E-state index contributed by atoms with van der Waals surface area (Å²) in [6.07, 6.45) is 0. The van der Waals surface area contributed by atoms with Gasteiger partial charge in [0.1, 0.15) is 6.04 Å². The van der Waals surface area contributed by atoms with Crippen molar-refractivity contribution in [1.82, 2.24) is 0 Å². The van der Waals surface area contributed by atoms with Crippen LogP contribution in [0.25, 0.3) is 0 Å². The van der Waals surface area contributed by atoms with Crippen LogP contribution in [-0.4, -0.2) is 12.5 Å². The number of nitrogens with one attached hydrogen (secondary N) is 1. The zero-order valence-electron chi connectivity index (χ0n) is 16.3. The second kappa shape index (κ2) is 8.30. The molecule has 0 fully saturated rings. The third-order valence-electron chi connectivity index (χ3n) is 4.77. The minimum Gasteiger partial charge on any atom is -0.332 e. The Hall–Kier alpha value is -2.13. The van der Waals surface area contributed by atoms with Gasteiger partial charge in [-0.15, -0.1) is 0 Å². The maximum atomic E-state index is 12.5. The van der Waals surface area contributed by atoms with Crippen LogP contribution >= 0.6 is 0 Å². The van der Waals surface area contributed by atoms with Gasteiger partial charge in [0.05, 0.1) is 0 Å². The minimum absolute atomic E-state index is 0.0494. The third-order valence-corrected chi connectivity index (χ3v) is 4.77. The van der Waals surface area contributed by atoms with Gasteiger partial charge in [0.15, 0.2) is 6.54 Å². The number of anilines is 1. The molecular formula is C22H31N2O+. The summed E-state index contributed by atoms with van der Waals surface area (Å²) < 4.78 is 0. The van der Waals surface area contributed by atoms with Crippen molar-refractivity contribution in [1.29, 1.82) is 0 Å². The number of carbonyl (C=O) groups is 1. The van der Waals surface area contributed by atoms with Gasteiger partial charge in [-0.25, -0.2) is 0 Å². The highest BCUT2D eigenvalue weighted by Gasteiger charge is 2.16. The lowest BCUT2D eigenvalue weighted by atomic mass is 9.98. The predicted molar refractivity (Wildman–Crippen MR) is 105 cm³/mol. The zero-order chi connectivity index (χ0) is 18.6. The smallest absolute Gasteiger partial charge is 0.279 e. The zero-order valence-corrected chi connectivity index (χ0v) is 16.3. The van der Waals surface area contributed by atoms with E-state index in [1.54, 1.807) is 0 Å². The third kappa shape index (κ3) is 4.93. The summed E-state index contributed by atoms with van der Waals surface area (Å²) in [6.45, 7) is 13.2. The number of rotatable bonds is 6. The van der Waals surface area contributed by atoms with E-state index < -0.39 is 0 Å².